The van der Waals surface area contributed by atoms with E-state index in [2.05, 4.69) is 11.8 Å². The third kappa shape index (κ3) is 3.13. The second-order valence-electron chi connectivity index (χ2n) is 5.58. The molecule has 3 rings (SSSR count). The zero-order chi connectivity index (χ0) is 19.0. The predicted octanol–water partition coefficient (Wildman–Crippen LogP) is 5.64. The van der Waals surface area contributed by atoms with E-state index < -0.39 is 45.9 Å². The van der Waals surface area contributed by atoms with Gasteiger partial charge in [-0.1, -0.05) is 18.8 Å². The maximum absolute atomic E-state index is 14.1. The fourth-order valence-electron chi connectivity index (χ4n) is 2.54. The Morgan fingerprint density at radius 1 is 0.692 bits per heavy atom. The molecule has 0 aromatic heterocycles. The van der Waals surface area contributed by atoms with Crippen LogP contribution in [0.3, 0.4) is 0 Å². The molecular formula is C20H10F6. The molecule has 132 valence electrons. The maximum atomic E-state index is 14.1. The average Bonchev–Trinajstić information content (AvgIpc) is 2.58. The quantitative estimate of drug-likeness (QED) is 0.298. The van der Waals surface area contributed by atoms with Crippen LogP contribution in [0.5, 0.6) is 0 Å². The van der Waals surface area contributed by atoms with E-state index in [4.69, 9.17) is 0 Å². The van der Waals surface area contributed by atoms with E-state index in [1.54, 1.807) is 6.92 Å². The van der Waals surface area contributed by atoms with Gasteiger partial charge in [-0.25, -0.2) is 26.3 Å². The molecule has 6 heteroatoms. The van der Waals surface area contributed by atoms with Crippen LogP contribution in [0.25, 0.3) is 10.8 Å². The first-order chi connectivity index (χ1) is 12.3. The summed E-state index contributed by atoms with van der Waals surface area (Å²) in [5.74, 6) is -3.19. The minimum Gasteiger partial charge on any atom is -0.206 e. The Labute approximate surface area is 145 Å². The molecule has 3 aromatic carbocycles. The van der Waals surface area contributed by atoms with E-state index >= 15 is 0 Å². The topological polar surface area (TPSA) is 0 Å². The zero-order valence-electron chi connectivity index (χ0n) is 13.4. The van der Waals surface area contributed by atoms with Crippen molar-refractivity contribution in [2.75, 3.05) is 0 Å². The number of rotatable bonds is 1. The lowest BCUT2D eigenvalue weighted by molar-refractivity contribution is 0.451. The van der Waals surface area contributed by atoms with Crippen LogP contribution in [0.4, 0.5) is 26.3 Å². The molecule has 0 aliphatic rings. The highest BCUT2D eigenvalue weighted by molar-refractivity contribution is 5.85. The van der Waals surface area contributed by atoms with E-state index in [1.165, 1.54) is 0 Å². The molecule has 0 fully saturated rings. The van der Waals surface area contributed by atoms with Gasteiger partial charge in [0.15, 0.2) is 17.5 Å². The normalized spacial score (nSPS) is 10.7. The van der Waals surface area contributed by atoms with Crippen LogP contribution in [0.1, 0.15) is 23.6 Å². The van der Waals surface area contributed by atoms with Crippen LogP contribution in [0, 0.1) is 46.7 Å². The first kappa shape index (κ1) is 17.9. The Bertz CT molecular complexity index is 1070. The van der Waals surface area contributed by atoms with Crippen molar-refractivity contribution < 1.29 is 26.3 Å². The van der Waals surface area contributed by atoms with E-state index in [0.717, 1.165) is 24.3 Å². The van der Waals surface area contributed by atoms with Gasteiger partial charge in [0.05, 0.1) is 10.9 Å². The molecule has 0 aliphatic carbocycles. The van der Waals surface area contributed by atoms with Gasteiger partial charge in [-0.05, 0) is 47.7 Å². The third-order valence-corrected chi connectivity index (χ3v) is 3.87. The Morgan fingerprint density at radius 2 is 1.35 bits per heavy atom. The standard InChI is InChI=1S/C20H10F6/c1-2-10-6-14(21)13(15(22)7-10)4-3-11-5-12-9-17(24)19(25)20(26)18(12)16(23)8-11/h5-9H,2H2,1H3. The van der Waals surface area contributed by atoms with Gasteiger partial charge >= 0.3 is 0 Å². The lowest BCUT2D eigenvalue weighted by atomic mass is 10.0. The van der Waals surface area contributed by atoms with Gasteiger partial charge < -0.3 is 0 Å². The van der Waals surface area contributed by atoms with Crippen molar-refractivity contribution in [1.82, 2.24) is 0 Å². The predicted molar refractivity (Wildman–Crippen MR) is 85.5 cm³/mol. The number of aryl methyl sites for hydroxylation is 1. The summed E-state index contributed by atoms with van der Waals surface area (Å²) in [6.07, 6.45) is 0.436. The SMILES string of the molecule is CCc1cc(F)c(C#Cc2cc(F)c3c(F)c(F)c(F)cc3c2)c(F)c1. The molecular weight excluding hydrogens is 354 g/mol. The number of benzene rings is 3. The van der Waals surface area contributed by atoms with Gasteiger partial charge in [-0.2, -0.15) is 0 Å². The minimum atomic E-state index is -1.78. The molecule has 0 atom stereocenters. The summed E-state index contributed by atoms with van der Waals surface area (Å²) in [5.41, 5.74) is -0.117. The minimum absolute atomic E-state index is 0.0706. The molecule has 0 spiro atoms. The molecule has 0 saturated heterocycles. The highest BCUT2D eigenvalue weighted by Gasteiger charge is 2.17. The van der Waals surface area contributed by atoms with Crippen LogP contribution >= 0.6 is 0 Å². The van der Waals surface area contributed by atoms with Crippen LogP contribution < -0.4 is 0 Å². The summed E-state index contributed by atoms with van der Waals surface area (Å²) in [6, 6.07) is 4.79. The third-order valence-electron chi connectivity index (χ3n) is 3.87. The number of hydrogen-bond acceptors (Lipinski definition) is 0. The fourth-order valence-corrected chi connectivity index (χ4v) is 2.54. The fraction of sp³-hybridized carbons (Fsp3) is 0.100. The van der Waals surface area contributed by atoms with Crippen molar-refractivity contribution in [3.05, 3.63) is 81.9 Å². The number of hydrogen-bond donors (Lipinski definition) is 0. The average molecular weight is 364 g/mol. The van der Waals surface area contributed by atoms with Crippen molar-refractivity contribution in [3.63, 3.8) is 0 Å². The van der Waals surface area contributed by atoms with E-state index in [0.29, 0.717) is 18.1 Å². The van der Waals surface area contributed by atoms with Gasteiger partial charge in [0.1, 0.15) is 17.5 Å². The largest absolute Gasteiger partial charge is 0.206 e. The van der Waals surface area contributed by atoms with Crippen LogP contribution in [0.15, 0.2) is 30.3 Å². The molecule has 0 aliphatic heterocycles. The smallest absolute Gasteiger partial charge is 0.195 e. The molecule has 0 nitrogen and oxygen atoms in total. The monoisotopic (exact) mass is 364 g/mol. The van der Waals surface area contributed by atoms with Gasteiger partial charge in [0, 0.05) is 5.56 Å². The Hall–Kier alpha value is -2.94. The Balaban J connectivity index is 2.12. The van der Waals surface area contributed by atoms with E-state index in [9.17, 15) is 26.3 Å². The maximum Gasteiger partial charge on any atom is 0.195 e. The zero-order valence-corrected chi connectivity index (χ0v) is 13.4. The van der Waals surface area contributed by atoms with Crippen molar-refractivity contribution >= 4 is 10.8 Å². The molecule has 3 aromatic rings. The number of fused-ring (bicyclic) bond motifs is 1. The van der Waals surface area contributed by atoms with Crippen LogP contribution in [-0.4, -0.2) is 0 Å². The van der Waals surface area contributed by atoms with Crippen molar-refractivity contribution in [2.45, 2.75) is 13.3 Å². The summed E-state index contributed by atoms with van der Waals surface area (Å²) in [6.45, 7) is 1.73. The highest BCUT2D eigenvalue weighted by atomic mass is 19.2. The second-order valence-corrected chi connectivity index (χ2v) is 5.58. The molecule has 0 bridgehead atoms. The summed E-state index contributed by atoms with van der Waals surface area (Å²) in [7, 11) is 0. The molecule has 0 radical (unpaired) electrons. The summed E-state index contributed by atoms with van der Waals surface area (Å²) in [5, 5.41) is -0.980. The van der Waals surface area contributed by atoms with Crippen molar-refractivity contribution in [1.29, 1.82) is 0 Å². The van der Waals surface area contributed by atoms with Gasteiger partial charge in [0.25, 0.3) is 0 Å². The summed E-state index contributed by atoms with van der Waals surface area (Å²) >= 11 is 0. The highest BCUT2D eigenvalue weighted by Crippen LogP contribution is 2.26. The molecule has 26 heavy (non-hydrogen) atoms. The molecule has 0 N–H and O–H groups in total. The van der Waals surface area contributed by atoms with Crippen LogP contribution in [-0.2, 0) is 6.42 Å². The molecule has 0 heterocycles. The van der Waals surface area contributed by atoms with Crippen LogP contribution in [0.2, 0.25) is 0 Å². The van der Waals surface area contributed by atoms with Gasteiger partial charge in [0.2, 0.25) is 0 Å². The van der Waals surface area contributed by atoms with Crippen molar-refractivity contribution in [2.24, 2.45) is 0 Å². The van der Waals surface area contributed by atoms with Crippen molar-refractivity contribution in [3.8, 4) is 11.8 Å². The summed E-state index contributed by atoms with van der Waals surface area (Å²) in [4.78, 5) is 0. The first-order valence-corrected chi connectivity index (χ1v) is 7.58. The van der Waals surface area contributed by atoms with E-state index in [1.807, 2.05) is 0 Å². The lowest BCUT2D eigenvalue weighted by Gasteiger charge is -2.05. The number of halogens is 6. The second kappa shape index (κ2) is 6.75. The molecule has 0 saturated carbocycles. The summed E-state index contributed by atoms with van der Waals surface area (Å²) < 4.78 is 82.2. The molecule has 0 unspecified atom stereocenters. The van der Waals surface area contributed by atoms with E-state index in [-0.39, 0.29) is 10.9 Å². The molecule has 0 amide bonds. The van der Waals surface area contributed by atoms with Gasteiger partial charge in [-0.15, -0.1) is 0 Å². The van der Waals surface area contributed by atoms with Gasteiger partial charge in [-0.3, -0.25) is 0 Å². The first-order valence-electron chi connectivity index (χ1n) is 7.58. The Morgan fingerprint density at radius 3 is 1.96 bits per heavy atom. The Kier molecular flexibility index (Phi) is 4.64. The lowest BCUT2D eigenvalue weighted by Crippen LogP contribution is -1.96.